The van der Waals surface area contributed by atoms with Crippen LogP contribution in [0.5, 0.6) is 0 Å². The van der Waals surface area contributed by atoms with Crippen molar-refractivity contribution < 1.29 is 0 Å². The van der Waals surface area contributed by atoms with Crippen LogP contribution in [0.2, 0.25) is 0 Å². The molecule has 0 radical (unpaired) electrons. The van der Waals surface area contributed by atoms with Crippen molar-refractivity contribution in [3.8, 4) is 0 Å². The molecular formula is C8H21N3. The van der Waals surface area contributed by atoms with Crippen molar-refractivity contribution in [2.45, 2.75) is 26.2 Å². The minimum atomic E-state index is 0.847. The van der Waals surface area contributed by atoms with Crippen LogP contribution in [0, 0.1) is 0 Å². The zero-order valence-corrected chi connectivity index (χ0v) is 7.77. The normalized spacial score (nSPS) is 18.8. The molecule has 0 spiro atoms. The van der Waals surface area contributed by atoms with Crippen LogP contribution >= 0.6 is 0 Å². The van der Waals surface area contributed by atoms with Gasteiger partial charge in [-0.15, -0.1) is 0 Å². The fourth-order valence-corrected chi connectivity index (χ4v) is 1.05. The molecule has 11 heavy (non-hydrogen) atoms. The number of nitrogens with zero attached hydrogens (tertiary/aromatic N) is 1. The molecule has 0 saturated carbocycles. The minimum absolute atomic E-state index is 0.847. The average Bonchev–Trinajstić information content (AvgIpc) is 2.07. The average molecular weight is 159 g/mol. The molecule has 1 saturated heterocycles. The number of likely N-dealkylation sites (tertiary alicyclic amines) is 1. The molecule has 0 amide bonds. The zero-order chi connectivity index (χ0) is 8.53. The summed E-state index contributed by atoms with van der Waals surface area (Å²) in [5, 5.41) is 0. The van der Waals surface area contributed by atoms with E-state index >= 15 is 0 Å². The Morgan fingerprint density at radius 1 is 1.27 bits per heavy atom. The number of nitrogens with two attached hydrogens (primary N) is 1. The van der Waals surface area contributed by atoms with Crippen LogP contribution in [0.3, 0.4) is 0 Å². The fraction of sp³-hybridized carbons (Fsp3) is 1.00. The molecule has 0 aromatic carbocycles. The molecule has 3 N–H and O–H groups in total. The summed E-state index contributed by atoms with van der Waals surface area (Å²) in [6.07, 6.45) is 4.28. The molecule has 1 aliphatic heterocycles. The summed E-state index contributed by atoms with van der Waals surface area (Å²) in [7, 11) is 2.19. The third-order valence-electron chi connectivity index (χ3n) is 1.78. The smallest absolute Gasteiger partial charge is 0.00689 e. The minimum Gasteiger partial charge on any atom is -0.306 e. The van der Waals surface area contributed by atoms with Gasteiger partial charge in [0, 0.05) is 6.54 Å². The van der Waals surface area contributed by atoms with Gasteiger partial charge < -0.3 is 4.90 Å². The molecule has 0 aromatic rings. The molecule has 0 unspecified atom stereocenters. The topological polar surface area (TPSA) is 41.3 Å². The lowest BCUT2D eigenvalue weighted by Gasteiger charge is -2.20. The quantitative estimate of drug-likeness (QED) is 0.434. The van der Waals surface area contributed by atoms with Crippen LogP contribution < -0.4 is 11.3 Å². The van der Waals surface area contributed by atoms with E-state index in [2.05, 4.69) is 17.4 Å². The van der Waals surface area contributed by atoms with Gasteiger partial charge in [0.15, 0.2) is 0 Å². The Bertz CT molecular complexity index is 67.7. The van der Waals surface area contributed by atoms with Gasteiger partial charge in [-0.2, -0.15) is 0 Å². The SMILES string of the molecule is CCNN.CN1CCCCC1. The van der Waals surface area contributed by atoms with Crippen molar-refractivity contribution in [2.24, 2.45) is 5.84 Å². The molecule has 0 aliphatic carbocycles. The van der Waals surface area contributed by atoms with Crippen LogP contribution in [-0.4, -0.2) is 31.6 Å². The van der Waals surface area contributed by atoms with Crippen LogP contribution in [0.1, 0.15) is 26.2 Å². The first-order chi connectivity index (χ1) is 5.31. The third kappa shape index (κ3) is 7.78. The maximum atomic E-state index is 4.78. The van der Waals surface area contributed by atoms with E-state index in [1.165, 1.54) is 32.4 Å². The van der Waals surface area contributed by atoms with E-state index in [4.69, 9.17) is 5.84 Å². The molecule has 0 bridgehead atoms. The largest absolute Gasteiger partial charge is 0.306 e. The lowest BCUT2D eigenvalue weighted by molar-refractivity contribution is 0.277. The highest BCUT2D eigenvalue weighted by atomic mass is 15.2. The van der Waals surface area contributed by atoms with Gasteiger partial charge in [-0.05, 0) is 33.0 Å². The summed E-state index contributed by atoms with van der Waals surface area (Å²) in [5.74, 6) is 4.78. The highest BCUT2D eigenvalue weighted by Crippen LogP contribution is 2.04. The summed E-state index contributed by atoms with van der Waals surface area (Å²) >= 11 is 0. The van der Waals surface area contributed by atoms with Gasteiger partial charge in [0.1, 0.15) is 0 Å². The number of piperidine rings is 1. The summed E-state index contributed by atoms with van der Waals surface area (Å²) in [5.41, 5.74) is 2.43. The van der Waals surface area contributed by atoms with Crippen molar-refractivity contribution in [2.75, 3.05) is 26.7 Å². The van der Waals surface area contributed by atoms with Gasteiger partial charge in [-0.3, -0.25) is 11.3 Å². The first-order valence-corrected chi connectivity index (χ1v) is 4.43. The Morgan fingerprint density at radius 2 is 1.73 bits per heavy atom. The predicted octanol–water partition coefficient (Wildman–Crippen LogP) is 0.572. The lowest BCUT2D eigenvalue weighted by atomic mass is 10.1. The van der Waals surface area contributed by atoms with E-state index < -0.39 is 0 Å². The molecule has 0 aromatic heterocycles. The summed E-state index contributed by atoms with van der Waals surface area (Å²) in [6.45, 7) is 5.43. The Hall–Kier alpha value is -0.120. The van der Waals surface area contributed by atoms with E-state index in [0.29, 0.717) is 0 Å². The molecular weight excluding hydrogens is 138 g/mol. The maximum absolute atomic E-state index is 4.78. The number of hydrogen-bond donors (Lipinski definition) is 2. The van der Waals surface area contributed by atoms with Crippen LogP contribution in [0.4, 0.5) is 0 Å². The van der Waals surface area contributed by atoms with Crippen molar-refractivity contribution in [3.63, 3.8) is 0 Å². The second-order valence-electron chi connectivity index (χ2n) is 2.92. The highest BCUT2D eigenvalue weighted by Gasteiger charge is 2.02. The van der Waals surface area contributed by atoms with Crippen molar-refractivity contribution in [1.82, 2.24) is 10.3 Å². The van der Waals surface area contributed by atoms with Crippen LogP contribution in [0.15, 0.2) is 0 Å². The van der Waals surface area contributed by atoms with E-state index in [1.54, 1.807) is 0 Å². The summed E-state index contributed by atoms with van der Waals surface area (Å²) in [4.78, 5) is 2.39. The Kier molecular flexibility index (Phi) is 7.89. The Labute approximate surface area is 69.9 Å². The molecule has 3 heteroatoms. The number of nitrogens with one attached hydrogen (secondary N) is 1. The Morgan fingerprint density at radius 3 is 1.91 bits per heavy atom. The molecule has 1 rings (SSSR count). The molecule has 1 heterocycles. The summed E-state index contributed by atoms with van der Waals surface area (Å²) < 4.78 is 0. The van der Waals surface area contributed by atoms with Gasteiger partial charge in [0.25, 0.3) is 0 Å². The maximum Gasteiger partial charge on any atom is 0.00689 e. The van der Waals surface area contributed by atoms with Crippen molar-refractivity contribution in [3.05, 3.63) is 0 Å². The highest BCUT2D eigenvalue weighted by molar-refractivity contribution is 4.58. The van der Waals surface area contributed by atoms with Gasteiger partial charge in [0.05, 0.1) is 0 Å². The lowest BCUT2D eigenvalue weighted by Crippen LogP contribution is -2.24. The predicted molar refractivity (Wildman–Crippen MR) is 49.2 cm³/mol. The molecule has 0 atom stereocenters. The monoisotopic (exact) mass is 159 g/mol. The second kappa shape index (κ2) is 7.98. The van der Waals surface area contributed by atoms with Gasteiger partial charge >= 0.3 is 0 Å². The fourth-order valence-electron chi connectivity index (χ4n) is 1.05. The second-order valence-corrected chi connectivity index (χ2v) is 2.92. The number of hydrogen-bond acceptors (Lipinski definition) is 3. The van der Waals surface area contributed by atoms with E-state index in [9.17, 15) is 0 Å². The number of hydrazine groups is 1. The van der Waals surface area contributed by atoms with Crippen molar-refractivity contribution >= 4 is 0 Å². The van der Waals surface area contributed by atoms with Gasteiger partial charge in [-0.1, -0.05) is 13.3 Å². The van der Waals surface area contributed by atoms with Crippen LogP contribution in [-0.2, 0) is 0 Å². The van der Waals surface area contributed by atoms with E-state index in [1.807, 2.05) is 6.92 Å². The zero-order valence-electron chi connectivity index (χ0n) is 7.77. The first-order valence-electron chi connectivity index (χ1n) is 4.43. The Balaban J connectivity index is 0.000000218. The van der Waals surface area contributed by atoms with Gasteiger partial charge in [0.2, 0.25) is 0 Å². The first kappa shape index (κ1) is 10.9. The molecule has 68 valence electrons. The standard InChI is InChI=1S/C6H13N.C2H8N2/c1-7-5-3-2-4-6-7;1-2-4-3/h2-6H2,1H3;4H,2-3H2,1H3. The van der Waals surface area contributed by atoms with E-state index in [0.717, 1.165) is 6.54 Å². The van der Waals surface area contributed by atoms with Crippen molar-refractivity contribution in [1.29, 1.82) is 0 Å². The van der Waals surface area contributed by atoms with Crippen LogP contribution in [0.25, 0.3) is 0 Å². The molecule has 1 fully saturated rings. The third-order valence-corrected chi connectivity index (χ3v) is 1.78. The number of rotatable bonds is 1. The van der Waals surface area contributed by atoms with Gasteiger partial charge in [-0.25, -0.2) is 0 Å². The molecule has 3 nitrogen and oxygen atoms in total. The van der Waals surface area contributed by atoms with E-state index in [-0.39, 0.29) is 0 Å². The molecule has 1 aliphatic rings. The summed E-state index contributed by atoms with van der Waals surface area (Å²) in [6, 6.07) is 0.